The number of carbonyl (C=O) groups excluding carboxylic acids is 3. The average molecular weight is 512 g/mol. The second kappa shape index (κ2) is 9.88. The highest BCUT2D eigenvalue weighted by molar-refractivity contribution is 6.42. The number of rotatable bonds is 5. The highest BCUT2D eigenvalue weighted by Gasteiger charge is 2.42. The van der Waals surface area contributed by atoms with E-state index in [1.807, 2.05) is 12.1 Å². The fraction of sp³-hybridized carbons (Fsp3) is 0.296. The summed E-state index contributed by atoms with van der Waals surface area (Å²) in [5, 5.41) is 3.45. The van der Waals surface area contributed by atoms with Gasteiger partial charge < -0.3 is 14.8 Å². The van der Waals surface area contributed by atoms with Gasteiger partial charge >= 0.3 is 0 Å². The van der Waals surface area contributed by atoms with E-state index in [4.69, 9.17) is 32.7 Å². The topological polar surface area (TPSA) is 81.7 Å². The van der Waals surface area contributed by atoms with Gasteiger partial charge in [-0.25, -0.2) is 0 Å². The lowest BCUT2D eigenvalue weighted by Crippen LogP contribution is -2.30. The van der Waals surface area contributed by atoms with Crippen molar-refractivity contribution in [2.45, 2.75) is 44.4 Å². The van der Waals surface area contributed by atoms with Gasteiger partial charge in [0.05, 0.1) is 16.0 Å². The predicted octanol–water partition coefficient (Wildman–Crippen LogP) is 6.14. The van der Waals surface area contributed by atoms with E-state index < -0.39 is 5.92 Å². The summed E-state index contributed by atoms with van der Waals surface area (Å²) in [5.74, 6) is 0.815. The summed E-state index contributed by atoms with van der Waals surface area (Å²) in [6.07, 6.45) is 3.63. The fourth-order valence-corrected chi connectivity index (χ4v) is 5.19. The minimum atomic E-state index is -0.552. The maximum atomic E-state index is 13.0. The molecule has 2 aromatic rings. The molecule has 1 amide bonds. The van der Waals surface area contributed by atoms with E-state index in [0.29, 0.717) is 75.4 Å². The first kappa shape index (κ1) is 23.6. The van der Waals surface area contributed by atoms with Crippen LogP contribution < -0.4 is 10.1 Å². The largest absolute Gasteiger partial charge is 0.483 e. The van der Waals surface area contributed by atoms with Gasteiger partial charge in [-0.05, 0) is 37.1 Å². The second-order valence-corrected chi connectivity index (χ2v) is 9.58. The van der Waals surface area contributed by atoms with Gasteiger partial charge in [-0.2, -0.15) is 0 Å². The fourth-order valence-electron chi connectivity index (χ4n) is 4.89. The Morgan fingerprint density at radius 2 is 1.57 bits per heavy atom. The van der Waals surface area contributed by atoms with Crippen molar-refractivity contribution in [3.63, 3.8) is 0 Å². The Morgan fingerprint density at radius 3 is 2.23 bits per heavy atom. The van der Waals surface area contributed by atoms with E-state index in [9.17, 15) is 14.4 Å². The van der Waals surface area contributed by atoms with Crippen molar-refractivity contribution in [1.29, 1.82) is 0 Å². The number of amides is 1. The van der Waals surface area contributed by atoms with E-state index >= 15 is 0 Å². The number of anilines is 1. The summed E-state index contributed by atoms with van der Waals surface area (Å²) in [5.41, 5.74) is 2.27. The Kier molecular flexibility index (Phi) is 6.67. The quantitative estimate of drug-likeness (QED) is 0.521. The number of ether oxygens (including phenoxy) is 2. The Morgan fingerprint density at radius 1 is 0.914 bits per heavy atom. The third-order valence-corrected chi connectivity index (χ3v) is 7.17. The molecule has 1 N–H and O–H groups in total. The number of halogens is 2. The van der Waals surface area contributed by atoms with E-state index in [0.717, 1.165) is 12.8 Å². The monoisotopic (exact) mass is 511 g/mol. The van der Waals surface area contributed by atoms with Gasteiger partial charge in [-0.15, -0.1) is 0 Å². The van der Waals surface area contributed by atoms with Crippen LogP contribution in [0.25, 0.3) is 0 Å². The van der Waals surface area contributed by atoms with Crippen molar-refractivity contribution in [1.82, 2.24) is 0 Å². The second-order valence-electron chi connectivity index (χ2n) is 8.77. The Hall–Kier alpha value is -3.09. The van der Waals surface area contributed by atoms with Crippen molar-refractivity contribution in [3.8, 4) is 5.75 Å². The van der Waals surface area contributed by atoms with Gasteiger partial charge in [-0.3, -0.25) is 14.4 Å². The number of hydrogen-bond acceptors (Lipinski definition) is 5. The molecule has 2 aromatic carbocycles. The molecule has 0 fully saturated rings. The summed E-state index contributed by atoms with van der Waals surface area (Å²) < 4.78 is 12.0. The van der Waals surface area contributed by atoms with Crippen LogP contribution in [0.4, 0.5) is 5.69 Å². The predicted molar refractivity (Wildman–Crippen MR) is 133 cm³/mol. The number of hydrogen-bond donors (Lipinski definition) is 1. The van der Waals surface area contributed by atoms with Crippen molar-refractivity contribution < 1.29 is 23.9 Å². The molecule has 6 nitrogen and oxygen atoms in total. The van der Waals surface area contributed by atoms with Crippen molar-refractivity contribution in [2.24, 2.45) is 0 Å². The molecule has 0 saturated carbocycles. The molecular weight excluding hydrogens is 489 g/mol. The zero-order chi connectivity index (χ0) is 24.5. The van der Waals surface area contributed by atoms with Crippen LogP contribution >= 0.6 is 23.2 Å². The molecule has 0 spiro atoms. The van der Waals surface area contributed by atoms with Gasteiger partial charge in [0.15, 0.2) is 18.2 Å². The molecule has 35 heavy (non-hydrogen) atoms. The number of carbonyl (C=O) groups is 3. The van der Waals surface area contributed by atoms with E-state index in [1.165, 1.54) is 0 Å². The molecule has 180 valence electrons. The van der Waals surface area contributed by atoms with Crippen LogP contribution in [0.2, 0.25) is 10.0 Å². The van der Waals surface area contributed by atoms with Crippen LogP contribution in [0, 0.1) is 0 Å². The molecule has 2 aliphatic carbocycles. The third kappa shape index (κ3) is 4.73. The molecule has 0 unspecified atom stereocenters. The molecule has 0 aromatic heterocycles. The van der Waals surface area contributed by atoms with Gasteiger partial charge in [0.2, 0.25) is 0 Å². The highest BCUT2D eigenvalue weighted by atomic mass is 35.5. The van der Waals surface area contributed by atoms with E-state index in [-0.39, 0.29) is 24.1 Å². The van der Waals surface area contributed by atoms with Crippen molar-refractivity contribution in [3.05, 3.63) is 80.7 Å². The molecule has 0 saturated heterocycles. The van der Waals surface area contributed by atoms with Gasteiger partial charge in [0.1, 0.15) is 17.3 Å². The Balaban J connectivity index is 1.44. The molecule has 5 rings (SSSR count). The minimum absolute atomic E-state index is 0.00617. The summed E-state index contributed by atoms with van der Waals surface area (Å²) in [6, 6.07) is 12.0. The zero-order valence-corrected chi connectivity index (χ0v) is 20.4. The lowest BCUT2D eigenvalue weighted by atomic mass is 9.73. The SMILES string of the molecule is O=C(COc1ccccc1C1C2=C(CCCC2=O)OC2=C1C(=O)CCC2)Nc1ccc(Cl)c(Cl)c1. The van der Waals surface area contributed by atoms with E-state index in [2.05, 4.69) is 5.32 Å². The maximum Gasteiger partial charge on any atom is 0.262 e. The summed E-state index contributed by atoms with van der Waals surface area (Å²) in [7, 11) is 0. The normalized spacial score (nSPS) is 18.1. The molecule has 0 radical (unpaired) electrons. The maximum absolute atomic E-state index is 13.0. The molecule has 1 aliphatic heterocycles. The average Bonchev–Trinajstić information content (AvgIpc) is 2.84. The van der Waals surface area contributed by atoms with Gasteiger partial charge in [0.25, 0.3) is 5.91 Å². The molecule has 1 heterocycles. The lowest BCUT2D eigenvalue weighted by Gasteiger charge is -2.36. The van der Waals surface area contributed by atoms with Crippen LogP contribution in [0.5, 0.6) is 5.75 Å². The van der Waals surface area contributed by atoms with Crippen LogP contribution in [0.3, 0.4) is 0 Å². The lowest BCUT2D eigenvalue weighted by molar-refractivity contribution is -0.119. The van der Waals surface area contributed by atoms with Crippen LogP contribution in [0.15, 0.2) is 65.1 Å². The number of ketones is 2. The first-order valence-electron chi connectivity index (χ1n) is 11.6. The number of allylic oxidation sites excluding steroid dienone is 4. The number of Topliss-reactive ketones (excluding diaryl/α,β-unsaturated/α-hetero) is 2. The van der Waals surface area contributed by atoms with E-state index in [1.54, 1.807) is 30.3 Å². The smallest absolute Gasteiger partial charge is 0.262 e. The van der Waals surface area contributed by atoms with Crippen molar-refractivity contribution >= 4 is 46.4 Å². The number of para-hydroxylation sites is 1. The number of nitrogens with one attached hydrogen (secondary N) is 1. The summed E-state index contributed by atoms with van der Waals surface area (Å²) >= 11 is 12.0. The summed E-state index contributed by atoms with van der Waals surface area (Å²) in [4.78, 5) is 38.6. The van der Waals surface area contributed by atoms with Gasteiger partial charge in [0, 0.05) is 48.1 Å². The molecule has 0 bridgehead atoms. The highest BCUT2D eigenvalue weighted by Crippen LogP contribution is 2.49. The first-order valence-corrected chi connectivity index (χ1v) is 12.3. The zero-order valence-electron chi connectivity index (χ0n) is 18.9. The minimum Gasteiger partial charge on any atom is -0.483 e. The Bertz CT molecular complexity index is 1250. The molecule has 0 atom stereocenters. The van der Waals surface area contributed by atoms with Crippen LogP contribution in [-0.4, -0.2) is 24.1 Å². The van der Waals surface area contributed by atoms with Crippen LogP contribution in [-0.2, 0) is 19.1 Å². The number of benzene rings is 2. The molecular formula is C27H23Cl2NO5. The van der Waals surface area contributed by atoms with Crippen LogP contribution in [0.1, 0.15) is 50.0 Å². The first-order chi connectivity index (χ1) is 16.9. The standard InChI is InChI=1S/C27H23Cl2NO5/c28-17-12-11-15(13-18(17)29)30-24(33)14-34-21-8-2-1-5-16(21)25-26-19(31)6-3-9-22(26)35-23-10-4-7-20(32)27(23)25/h1-2,5,8,11-13,25H,3-4,6-7,9-10,14H2,(H,30,33). The third-order valence-electron chi connectivity index (χ3n) is 6.43. The van der Waals surface area contributed by atoms with Gasteiger partial charge in [-0.1, -0.05) is 41.4 Å². The molecule has 3 aliphatic rings. The molecule has 8 heteroatoms. The summed E-state index contributed by atoms with van der Waals surface area (Å²) in [6.45, 7) is -0.264. The van der Waals surface area contributed by atoms with Crippen molar-refractivity contribution in [2.75, 3.05) is 11.9 Å². The Labute approximate surface area is 212 Å².